The molecule has 11 heavy (non-hydrogen) atoms. The van der Waals surface area contributed by atoms with Crippen LogP contribution >= 0.6 is 45.8 Å². The molecule has 0 N–H and O–H groups in total. The average molecular weight is 299 g/mol. The topological polar surface area (TPSA) is 0 Å². The van der Waals surface area contributed by atoms with Gasteiger partial charge in [-0.3, -0.25) is 0 Å². The molecule has 0 atom stereocenters. The van der Waals surface area contributed by atoms with Crippen molar-refractivity contribution in [2.75, 3.05) is 0 Å². The van der Waals surface area contributed by atoms with Crippen molar-refractivity contribution >= 4 is 50.8 Å². The molecule has 1 aromatic rings. The predicted octanol–water partition coefficient (Wildman–Crippen LogP) is 4.31. The molecule has 0 spiro atoms. The fourth-order valence-electron chi connectivity index (χ4n) is 0.672. The van der Waals surface area contributed by atoms with Crippen molar-refractivity contribution in [2.24, 2.45) is 0 Å². The molecule has 0 bridgehead atoms. The molecule has 0 aromatic heterocycles. The molecule has 0 aliphatic heterocycles. The van der Waals surface area contributed by atoms with E-state index in [2.05, 4.69) is 22.6 Å². The van der Waals surface area contributed by atoms with Gasteiger partial charge < -0.3 is 0 Å². The molecule has 0 heterocycles. The molecular weight excluding hydrogens is 294 g/mol. The molecule has 58 valence electrons. The minimum absolute atomic E-state index is 0.728. The summed E-state index contributed by atoms with van der Waals surface area (Å²) in [7, 11) is 0. The number of halogens is 3. The van der Waals surface area contributed by atoms with Gasteiger partial charge in [-0.2, -0.15) is 0 Å². The van der Waals surface area contributed by atoms with Gasteiger partial charge in [0, 0.05) is 5.02 Å². The van der Waals surface area contributed by atoms with E-state index in [1.54, 1.807) is 0 Å². The lowest BCUT2D eigenvalue weighted by Crippen LogP contribution is -1.73. The molecule has 1 rings (SSSR count). The Labute approximate surface area is 89.3 Å². The van der Waals surface area contributed by atoms with E-state index in [-0.39, 0.29) is 0 Å². The largest absolute Gasteiger partial charge is 0.0843 e. The second kappa shape index (κ2) is 4.33. The van der Waals surface area contributed by atoms with Crippen LogP contribution in [0.3, 0.4) is 0 Å². The van der Waals surface area contributed by atoms with E-state index >= 15 is 0 Å². The summed E-state index contributed by atoms with van der Waals surface area (Å²) in [5, 5.41) is 1.47. The van der Waals surface area contributed by atoms with E-state index in [0.29, 0.717) is 0 Å². The molecule has 0 saturated heterocycles. The van der Waals surface area contributed by atoms with E-state index in [1.807, 2.05) is 28.3 Å². The van der Waals surface area contributed by atoms with E-state index in [1.165, 1.54) is 0 Å². The van der Waals surface area contributed by atoms with Crippen molar-refractivity contribution < 1.29 is 0 Å². The van der Waals surface area contributed by atoms with Crippen LogP contribution in [0.25, 0.3) is 5.03 Å². The zero-order valence-corrected chi connectivity index (χ0v) is 9.19. The average Bonchev–Trinajstić information content (AvgIpc) is 2.05. The van der Waals surface area contributed by atoms with Gasteiger partial charge in [-0.1, -0.05) is 57.9 Å². The van der Waals surface area contributed by atoms with Crippen LogP contribution in [0.2, 0.25) is 5.02 Å². The van der Waals surface area contributed by atoms with Crippen LogP contribution < -0.4 is 0 Å². The molecule has 1 aromatic carbocycles. The van der Waals surface area contributed by atoms with Gasteiger partial charge in [-0.15, -0.1) is 0 Å². The van der Waals surface area contributed by atoms with Crippen molar-refractivity contribution in [1.82, 2.24) is 0 Å². The van der Waals surface area contributed by atoms with Gasteiger partial charge >= 0.3 is 0 Å². The van der Waals surface area contributed by atoms with Gasteiger partial charge in [-0.05, 0) is 21.8 Å². The standard InChI is InChI=1S/C8H5Cl2I/c9-7-3-1-6(2-4-7)8(10)5-11/h1-5H. The Bertz CT molecular complexity index is 264. The third-order valence-electron chi connectivity index (χ3n) is 1.22. The fourth-order valence-corrected chi connectivity index (χ4v) is 1.28. The normalized spacial score (nSPS) is 11.7. The van der Waals surface area contributed by atoms with Crippen LogP contribution in [0.15, 0.2) is 28.3 Å². The van der Waals surface area contributed by atoms with Gasteiger partial charge in [0.05, 0.1) is 5.03 Å². The first kappa shape index (κ1) is 9.36. The third kappa shape index (κ3) is 2.65. The van der Waals surface area contributed by atoms with Gasteiger partial charge in [0.15, 0.2) is 0 Å². The maximum atomic E-state index is 5.85. The van der Waals surface area contributed by atoms with Crippen molar-refractivity contribution in [1.29, 1.82) is 0 Å². The maximum absolute atomic E-state index is 5.85. The molecule has 0 aliphatic rings. The van der Waals surface area contributed by atoms with Crippen LogP contribution in [-0.2, 0) is 0 Å². The molecule has 0 saturated carbocycles. The van der Waals surface area contributed by atoms with E-state index in [4.69, 9.17) is 23.2 Å². The SMILES string of the molecule is ClC(=CI)c1ccc(Cl)cc1. The van der Waals surface area contributed by atoms with Crippen molar-refractivity contribution in [3.8, 4) is 0 Å². The van der Waals surface area contributed by atoms with Crippen LogP contribution in [-0.4, -0.2) is 0 Å². The Hall–Kier alpha value is 0.270. The Morgan fingerprint density at radius 3 is 2.27 bits per heavy atom. The highest BCUT2D eigenvalue weighted by atomic mass is 127. The first-order chi connectivity index (χ1) is 5.24. The first-order valence-corrected chi connectivity index (χ1v) is 4.96. The summed E-state index contributed by atoms with van der Waals surface area (Å²) in [4.78, 5) is 0. The predicted molar refractivity (Wildman–Crippen MR) is 59.3 cm³/mol. The lowest BCUT2D eigenvalue weighted by Gasteiger charge is -1.96. The Balaban J connectivity index is 2.99. The first-order valence-electron chi connectivity index (χ1n) is 2.96. The smallest absolute Gasteiger partial charge is 0.0538 e. The third-order valence-corrected chi connectivity index (χ3v) is 2.79. The summed E-state index contributed by atoms with van der Waals surface area (Å²) in [6.07, 6.45) is 0. The summed E-state index contributed by atoms with van der Waals surface area (Å²) >= 11 is 13.6. The van der Waals surface area contributed by atoms with Crippen molar-refractivity contribution in [3.63, 3.8) is 0 Å². The maximum Gasteiger partial charge on any atom is 0.0538 e. The molecule has 0 radical (unpaired) electrons. The molecule has 0 aliphatic carbocycles. The summed E-state index contributed by atoms with van der Waals surface area (Å²) < 4.78 is 1.82. The Morgan fingerprint density at radius 2 is 1.82 bits per heavy atom. The molecule has 3 heteroatoms. The van der Waals surface area contributed by atoms with Gasteiger partial charge in [0.2, 0.25) is 0 Å². The second-order valence-electron chi connectivity index (χ2n) is 1.96. The lowest BCUT2D eigenvalue weighted by molar-refractivity contribution is 1.65. The van der Waals surface area contributed by atoms with E-state index in [9.17, 15) is 0 Å². The van der Waals surface area contributed by atoms with Gasteiger partial charge in [0.25, 0.3) is 0 Å². The highest BCUT2D eigenvalue weighted by Gasteiger charge is 1.95. The Morgan fingerprint density at radius 1 is 1.27 bits per heavy atom. The van der Waals surface area contributed by atoms with Crippen LogP contribution in [0.1, 0.15) is 5.56 Å². The molecule has 0 nitrogen and oxygen atoms in total. The fraction of sp³-hybridized carbons (Fsp3) is 0. The Kier molecular flexibility index (Phi) is 3.69. The summed E-state index contributed by atoms with van der Waals surface area (Å²) in [6.45, 7) is 0. The summed E-state index contributed by atoms with van der Waals surface area (Å²) in [5.41, 5.74) is 0.991. The molecule has 0 fully saturated rings. The van der Waals surface area contributed by atoms with Gasteiger partial charge in [0.1, 0.15) is 0 Å². The molecule has 0 unspecified atom stereocenters. The number of benzene rings is 1. The molecule has 0 amide bonds. The van der Waals surface area contributed by atoms with E-state index in [0.717, 1.165) is 15.6 Å². The van der Waals surface area contributed by atoms with Crippen LogP contribution in [0.5, 0.6) is 0 Å². The minimum Gasteiger partial charge on any atom is -0.0843 e. The van der Waals surface area contributed by atoms with Crippen LogP contribution in [0.4, 0.5) is 0 Å². The quantitative estimate of drug-likeness (QED) is 0.678. The highest BCUT2D eigenvalue weighted by Crippen LogP contribution is 2.21. The van der Waals surface area contributed by atoms with Crippen molar-refractivity contribution in [3.05, 3.63) is 38.9 Å². The monoisotopic (exact) mass is 298 g/mol. The van der Waals surface area contributed by atoms with Gasteiger partial charge in [-0.25, -0.2) is 0 Å². The lowest BCUT2D eigenvalue weighted by atomic mass is 10.2. The number of rotatable bonds is 1. The zero-order chi connectivity index (χ0) is 8.27. The number of hydrogen-bond donors (Lipinski definition) is 0. The van der Waals surface area contributed by atoms with E-state index < -0.39 is 0 Å². The van der Waals surface area contributed by atoms with Crippen LogP contribution in [0, 0.1) is 0 Å². The molecular formula is C8H5Cl2I. The highest BCUT2D eigenvalue weighted by molar-refractivity contribution is 14.1. The second-order valence-corrected chi connectivity index (χ2v) is 3.43. The minimum atomic E-state index is 0.728. The zero-order valence-electron chi connectivity index (χ0n) is 5.52. The number of hydrogen-bond acceptors (Lipinski definition) is 0. The van der Waals surface area contributed by atoms with Crippen molar-refractivity contribution in [2.45, 2.75) is 0 Å². The summed E-state index contributed by atoms with van der Waals surface area (Å²) in [5.74, 6) is 0. The summed E-state index contributed by atoms with van der Waals surface area (Å²) in [6, 6.07) is 7.42.